The molecule has 3 N–H and O–H groups in total. The average Bonchev–Trinajstić information content (AvgIpc) is 3.04. The number of carbonyl (C=O) groups is 1. The van der Waals surface area contributed by atoms with Gasteiger partial charge >= 0.3 is 0 Å². The van der Waals surface area contributed by atoms with Crippen LogP contribution in [0.2, 0.25) is 5.02 Å². The lowest BCUT2D eigenvalue weighted by atomic mass is 10.2. The second-order valence-corrected chi connectivity index (χ2v) is 7.05. The topological polar surface area (TPSA) is 68.3 Å². The van der Waals surface area contributed by atoms with Crippen molar-refractivity contribution in [3.63, 3.8) is 0 Å². The van der Waals surface area contributed by atoms with Crippen molar-refractivity contribution in [3.05, 3.63) is 75.4 Å². The third kappa shape index (κ3) is 4.36. The van der Waals surface area contributed by atoms with Gasteiger partial charge in [0.1, 0.15) is 11.5 Å². The first-order valence-electron chi connectivity index (χ1n) is 7.83. The fourth-order valence-electron chi connectivity index (χ4n) is 2.44. The summed E-state index contributed by atoms with van der Waals surface area (Å²) in [6, 6.07) is 14.5. The molecule has 0 radical (unpaired) electrons. The summed E-state index contributed by atoms with van der Waals surface area (Å²) >= 11 is 9.61. The fourth-order valence-corrected chi connectivity index (χ4v) is 3.20. The predicted octanol–water partition coefficient (Wildman–Crippen LogP) is 5.91. The fraction of sp³-hybridized carbons (Fsp3) is 0.0500. The highest BCUT2D eigenvalue weighted by atomic mass is 79.9. The third-order valence-corrected chi connectivity index (χ3v) is 4.54. The number of nitrogens with one attached hydrogen (secondary N) is 1. The van der Waals surface area contributed by atoms with Crippen molar-refractivity contribution < 1.29 is 9.21 Å². The van der Waals surface area contributed by atoms with E-state index in [2.05, 4.69) is 21.2 Å². The minimum atomic E-state index is -0.252. The SMILES string of the molecule is Cc1cc(N)ccc1NC(=O)/C=C/c1ccc(-c2ccc(Br)cc2Cl)o1. The van der Waals surface area contributed by atoms with Crippen molar-refractivity contribution in [2.24, 2.45) is 0 Å². The van der Waals surface area contributed by atoms with E-state index in [1.54, 1.807) is 36.4 Å². The number of aryl methyl sites for hydroxylation is 1. The summed E-state index contributed by atoms with van der Waals surface area (Å²) in [5.41, 5.74) is 8.78. The normalized spacial score (nSPS) is 11.0. The molecule has 3 rings (SSSR count). The largest absolute Gasteiger partial charge is 0.457 e. The lowest BCUT2D eigenvalue weighted by Gasteiger charge is -2.06. The lowest BCUT2D eigenvalue weighted by Crippen LogP contribution is -2.09. The van der Waals surface area contributed by atoms with Crippen LogP contribution in [0.1, 0.15) is 11.3 Å². The van der Waals surface area contributed by atoms with Gasteiger partial charge in [0.25, 0.3) is 0 Å². The molecule has 0 aliphatic carbocycles. The van der Waals surface area contributed by atoms with Crippen LogP contribution in [0.25, 0.3) is 17.4 Å². The summed E-state index contributed by atoms with van der Waals surface area (Å²) in [5, 5.41) is 3.40. The van der Waals surface area contributed by atoms with Crippen LogP contribution in [0.15, 0.2) is 63.5 Å². The molecule has 0 fully saturated rings. The summed E-state index contributed by atoms with van der Waals surface area (Å²) in [5.74, 6) is 0.942. The molecule has 1 amide bonds. The lowest BCUT2D eigenvalue weighted by molar-refractivity contribution is -0.111. The molecule has 0 aliphatic rings. The summed E-state index contributed by atoms with van der Waals surface area (Å²) in [6.07, 6.45) is 3.03. The number of rotatable bonds is 4. The van der Waals surface area contributed by atoms with Gasteiger partial charge in [0.2, 0.25) is 5.91 Å². The molecule has 132 valence electrons. The molecule has 3 aromatic rings. The Morgan fingerprint density at radius 3 is 2.73 bits per heavy atom. The first kappa shape index (κ1) is 18.3. The van der Waals surface area contributed by atoms with Crippen LogP contribution in [0, 0.1) is 6.92 Å². The molecule has 0 saturated heterocycles. The van der Waals surface area contributed by atoms with Crippen LogP contribution in [0.4, 0.5) is 11.4 Å². The van der Waals surface area contributed by atoms with Gasteiger partial charge < -0.3 is 15.5 Å². The Hall–Kier alpha value is -2.50. The van der Waals surface area contributed by atoms with Gasteiger partial charge in [0.15, 0.2) is 0 Å². The van der Waals surface area contributed by atoms with Gasteiger partial charge in [-0.2, -0.15) is 0 Å². The maximum absolute atomic E-state index is 12.1. The molecule has 0 aliphatic heterocycles. The maximum Gasteiger partial charge on any atom is 0.248 e. The smallest absolute Gasteiger partial charge is 0.248 e. The summed E-state index contributed by atoms with van der Waals surface area (Å²) in [6.45, 7) is 1.89. The molecule has 0 bridgehead atoms. The van der Waals surface area contributed by atoms with Crippen molar-refractivity contribution in [1.29, 1.82) is 0 Å². The van der Waals surface area contributed by atoms with Gasteiger partial charge in [-0.05, 0) is 67.1 Å². The van der Waals surface area contributed by atoms with E-state index in [-0.39, 0.29) is 5.91 Å². The van der Waals surface area contributed by atoms with E-state index in [1.165, 1.54) is 6.08 Å². The van der Waals surface area contributed by atoms with E-state index in [0.29, 0.717) is 22.2 Å². The Morgan fingerprint density at radius 2 is 2.00 bits per heavy atom. The van der Waals surface area contributed by atoms with E-state index < -0.39 is 0 Å². The van der Waals surface area contributed by atoms with Crippen LogP contribution < -0.4 is 11.1 Å². The molecule has 1 aromatic heterocycles. The number of halogens is 2. The number of benzene rings is 2. The first-order chi connectivity index (χ1) is 12.4. The van der Waals surface area contributed by atoms with E-state index in [1.807, 2.05) is 25.1 Å². The molecule has 2 aromatic carbocycles. The predicted molar refractivity (Wildman–Crippen MR) is 110 cm³/mol. The van der Waals surface area contributed by atoms with Crippen LogP contribution in [0.3, 0.4) is 0 Å². The zero-order valence-corrected chi connectivity index (χ0v) is 16.3. The van der Waals surface area contributed by atoms with Crippen LogP contribution in [-0.2, 0) is 4.79 Å². The molecular formula is C20H16BrClN2O2. The molecular weight excluding hydrogens is 416 g/mol. The van der Waals surface area contributed by atoms with Crippen molar-refractivity contribution in [3.8, 4) is 11.3 Å². The standard InChI is InChI=1S/C20H16BrClN2O2/c1-12-10-14(23)3-7-18(12)24-20(25)9-5-15-4-8-19(26-15)16-6-2-13(21)11-17(16)22/h2-11H,23H2,1H3,(H,24,25)/b9-5+. The maximum atomic E-state index is 12.1. The molecule has 0 spiro atoms. The Kier molecular flexibility index (Phi) is 5.49. The molecule has 0 atom stereocenters. The van der Waals surface area contributed by atoms with Crippen molar-refractivity contribution in [2.45, 2.75) is 6.92 Å². The zero-order valence-electron chi connectivity index (χ0n) is 13.9. The zero-order chi connectivity index (χ0) is 18.7. The number of amides is 1. The Balaban J connectivity index is 1.71. The van der Waals surface area contributed by atoms with Gasteiger partial charge in [-0.1, -0.05) is 27.5 Å². The van der Waals surface area contributed by atoms with Crippen LogP contribution >= 0.6 is 27.5 Å². The van der Waals surface area contributed by atoms with E-state index in [9.17, 15) is 4.79 Å². The Morgan fingerprint density at radius 1 is 1.19 bits per heavy atom. The van der Waals surface area contributed by atoms with E-state index in [0.717, 1.165) is 21.3 Å². The van der Waals surface area contributed by atoms with Gasteiger partial charge in [0, 0.05) is 27.5 Å². The number of nitrogens with two attached hydrogens (primary N) is 1. The second kappa shape index (κ2) is 7.81. The molecule has 26 heavy (non-hydrogen) atoms. The Labute approximate surface area is 164 Å². The van der Waals surface area contributed by atoms with Gasteiger partial charge in [-0.25, -0.2) is 0 Å². The number of hydrogen-bond donors (Lipinski definition) is 2. The minimum absolute atomic E-state index is 0.252. The van der Waals surface area contributed by atoms with Crippen LogP contribution in [-0.4, -0.2) is 5.91 Å². The first-order valence-corrected chi connectivity index (χ1v) is 9.00. The molecule has 0 saturated carbocycles. The molecule has 6 heteroatoms. The number of nitrogen functional groups attached to an aromatic ring is 1. The molecule has 0 unspecified atom stereocenters. The average molecular weight is 432 g/mol. The minimum Gasteiger partial charge on any atom is -0.457 e. The van der Waals surface area contributed by atoms with Gasteiger partial charge in [-0.3, -0.25) is 4.79 Å². The summed E-state index contributed by atoms with van der Waals surface area (Å²) < 4.78 is 6.64. The molecule has 4 nitrogen and oxygen atoms in total. The van der Waals surface area contributed by atoms with Gasteiger partial charge in [-0.15, -0.1) is 0 Å². The monoisotopic (exact) mass is 430 g/mol. The summed E-state index contributed by atoms with van der Waals surface area (Å²) in [4.78, 5) is 12.1. The molecule has 1 heterocycles. The highest BCUT2D eigenvalue weighted by Crippen LogP contribution is 2.31. The van der Waals surface area contributed by atoms with Gasteiger partial charge in [0.05, 0.1) is 5.02 Å². The highest BCUT2D eigenvalue weighted by Gasteiger charge is 2.08. The quantitative estimate of drug-likeness (QED) is 0.399. The number of hydrogen-bond acceptors (Lipinski definition) is 3. The van der Waals surface area contributed by atoms with Crippen molar-refractivity contribution in [2.75, 3.05) is 11.1 Å². The number of carbonyl (C=O) groups excluding carboxylic acids is 1. The summed E-state index contributed by atoms with van der Waals surface area (Å²) in [7, 11) is 0. The van der Waals surface area contributed by atoms with E-state index >= 15 is 0 Å². The van der Waals surface area contributed by atoms with Crippen LogP contribution in [0.5, 0.6) is 0 Å². The van der Waals surface area contributed by atoms with E-state index in [4.69, 9.17) is 21.8 Å². The third-order valence-electron chi connectivity index (χ3n) is 3.73. The van der Waals surface area contributed by atoms with Crippen molar-refractivity contribution in [1.82, 2.24) is 0 Å². The number of furan rings is 1. The number of anilines is 2. The van der Waals surface area contributed by atoms with Crippen molar-refractivity contribution >= 4 is 50.9 Å². The highest BCUT2D eigenvalue weighted by molar-refractivity contribution is 9.10. The Bertz CT molecular complexity index is 995. The second-order valence-electron chi connectivity index (χ2n) is 5.72.